The van der Waals surface area contributed by atoms with Crippen molar-refractivity contribution in [3.8, 4) is 11.5 Å². The molecule has 20 heavy (non-hydrogen) atoms. The van der Waals surface area contributed by atoms with E-state index in [0.717, 1.165) is 17.7 Å². The van der Waals surface area contributed by atoms with E-state index in [4.69, 9.17) is 4.74 Å². The molecule has 0 atom stereocenters. The summed E-state index contributed by atoms with van der Waals surface area (Å²) in [6.07, 6.45) is -4.32. The van der Waals surface area contributed by atoms with Crippen LogP contribution in [0.2, 0.25) is 0 Å². The average molecular weight is 282 g/mol. The van der Waals surface area contributed by atoms with Gasteiger partial charge < -0.3 is 4.74 Å². The van der Waals surface area contributed by atoms with Gasteiger partial charge in [0, 0.05) is 0 Å². The van der Waals surface area contributed by atoms with Gasteiger partial charge in [0.05, 0.1) is 5.56 Å². The number of benzene rings is 2. The first-order valence-electron chi connectivity index (χ1n) is 6.37. The fraction of sp³-hybridized carbons (Fsp3) is 0.250. The largest absolute Gasteiger partial charge is 0.457 e. The number of alkyl halides is 3. The second kappa shape index (κ2) is 6.98. The van der Waals surface area contributed by atoms with E-state index in [9.17, 15) is 13.2 Å². The fourth-order valence-electron chi connectivity index (χ4n) is 1.51. The normalized spacial score (nSPS) is 10.5. The Balaban J connectivity index is 0.000000956. The molecular weight excluding hydrogens is 265 g/mol. The lowest BCUT2D eigenvalue weighted by Crippen LogP contribution is -2.04. The highest BCUT2D eigenvalue weighted by Crippen LogP contribution is 2.31. The molecule has 0 aliphatic rings. The van der Waals surface area contributed by atoms with Crippen LogP contribution in [0, 0.1) is 6.92 Å². The molecule has 0 saturated heterocycles. The lowest BCUT2D eigenvalue weighted by atomic mass is 10.2. The molecule has 2 aromatic carbocycles. The Labute approximate surface area is 117 Å². The van der Waals surface area contributed by atoms with Crippen molar-refractivity contribution in [3.63, 3.8) is 0 Å². The number of rotatable bonds is 2. The van der Waals surface area contributed by atoms with Crippen molar-refractivity contribution in [2.75, 3.05) is 0 Å². The third-order valence-corrected chi connectivity index (χ3v) is 2.50. The zero-order chi connectivity index (χ0) is 15.2. The summed E-state index contributed by atoms with van der Waals surface area (Å²) in [4.78, 5) is 0. The lowest BCUT2D eigenvalue weighted by Gasteiger charge is -2.10. The highest BCUT2D eigenvalue weighted by atomic mass is 19.4. The molecule has 0 fully saturated rings. The summed E-state index contributed by atoms with van der Waals surface area (Å²) in [5.41, 5.74) is 0.247. The summed E-state index contributed by atoms with van der Waals surface area (Å²) in [6, 6.07) is 12.0. The van der Waals surface area contributed by atoms with E-state index in [-0.39, 0.29) is 0 Å². The van der Waals surface area contributed by atoms with E-state index < -0.39 is 11.7 Å². The van der Waals surface area contributed by atoms with Gasteiger partial charge in [-0.2, -0.15) is 13.2 Å². The Bertz CT molecular complexity index is 530. The summed E-state index contributed by atoms with van der Waals surface area (Å²) in [5.74, 6) is 1.02. The van der Waals surface area contributed by atoms with Crippen molar-refractivity contribution in [3.05, 3.63) is 59.7 Å². The van der Waals surface area contributed by atoms with Crippen molar-refractivity contribution in [1.82, 2.24) is 0 Å². The molecule has 0 amide bonds. The molecular formula is C16H17F3O. The zero-order valence-corrected chi connectivity index (χ0v) is 11.7. The lowest BCUT2D eigenvalue weighted by molar-refractivity contribution is -0.137. The first kappa shape index (κ1) is 16.1. The van der Waals surface area contributed by atoms with Gasteiger partial charge in [0.1, 0.15) is 11.5 Å². The van der Waals surface area contributed by atoms with Crippen molar-refractivity contribution < 1.29 is 17.9 Å². The summed E-state index contributed by atoms with van der Waals surface area (Å²) in [6.45, 7) is 5.87. The SMILES string of the molecule is CC.Cc1ccccc1Oc1ccc(C(F)(F)F)cc1. The van der Waals surface area contributed by atoms with Crippen LogP contribution in [0.1, 0.15) is 25.0 Å². The number of para-hydroxylation sites is 1. The maximum atomic E-state index is 12.4. The molecule has 0 aliphatic carbocycles. The third kappa shape index (κ3) is 4.30. The Morgan fingerprint density at radius 2 is 1.40 bits per heavy atom. The van der Waals surface area contributed by atoms with E-state index in [1.165, 1.54) is 12.1 Å². The van der Waals surface area contributed by atoms with Gasteiger partial charge in [0.2, 0.25) is 0 Å². The minimum atomic E-state index is -4.32. The van der Waals surface area contributed by atoms with Crippen molar-refractivity contribution in [2.45, 2.75) is 26.9 Å². The second-order valence-corrected chi connectivity index (χ2v) is 3.89. The van der Waals surface area contributed by atoms with Gasteiger partial charge in [0.15, 0.2) is 0 Å². The number of hydrogen-bond acceptors (Lipinski definition) is 1. The van der Waals surface area contributed by atoms with E-state index >= 15 is 0 Å². The molecule has 0 heterocycles. The van der Waals surface area contributed by atoms with Crippen LogP contribution in [0.25, 0.3) is 0 Å². The monoisotopic (exact) mass is 282 g/mol. The van der Waals surface area contributed by atoms with E-state index in [1.807, 2.05) is 39.0 Å². The van der Waals surface area contributed by atoms with Gasteiger partial charge in [-0.25, -0.2) is 0 Å². The standard InChI is InChI=1S/C14H11F3O.C2H6/c1-10-4-2-3-5-13(10)18-12-8-6-11(7-9-12)14(15,16)17;1-2/h2-9H,1H3;1-2H3. The van der Waals surface area contributed by atoms with E-state index in [2.05, 4.69) is 0 Å². The van der Waals surface area contributed by atoms with Crippen molar-refractivity contribution >= 4 is 0 Å². The molecule has 0 spiro atoms. The van der Waals surface area contributed by atoms with E-state index in [1.54, 1.807) is 6.07 Å². The van der Waals surface area contributed by atoms with Crippen LogP contribution in [-0.4, -0.2) is 0 Å². The van der Waals surface area contributed by atoms with E-state index in [0.29, 0.717) is 11.5 Å². The Hall–Kier alpha value is -1.97. The predicted octanol–water partition coefficient (Wildman–Crippen LogP) is 5.83. The summed E-state index contributed by atoms with van der Waals surface area (Å²) >= 11 is 0. The highest BCUT2D eigenvalue weighted by molar-refractivity contribution is 5.38. The maximum Gasteiger partial charge on any atom is 0.416 e. The summed E-state index contributed by atoms with van der Waals surface area (Å²) in [5, 5.41) is 0. The Morgan fingerprint density at radius 3 is 1.90 bits per heavy atom. The minimum absolute atomic E-state index is 0.386. The smallest absolute Gasteiger partial charge is 0.416 e. The van der Waals surface area contributed by atoms with Crippen LogP contribution in [0.15, 0.2) is 48.5 Å². The topological polar surface area (TPSA) is 9.23 Å². The second-order valence-electron chi connectivity index (χ2n) is 3.89. The van der Waals surface area contributed by atoms with Gasteiger partial charge >= 0.3 is 6.18 Å². The van der Waals surface area contributed by atoms with Gasteiger partial charge in [-0.15, -0.1) is 0 Å². The molecule has 0 aromatic heterocycles. The van der Waals surface area contributed by atoms with Crippen LogP contribution in [0.3, 0.4) is 0 Å². The van der Waals surface area contributed by atoms with Gasteiger partial charge in [-0.05, 0) is 42.8 Å². The highest BCUT2D eigenvalue weighted by Gasteiger charge is 2.30. The molecule has 0 bridgehead atoms. The number of ether oxygens (including phenoxy) is 1. The van der Waals surface area contributed by atoms with Crippen LogP contribution < -0.4 is 4.74 Å². The van der Waals surface area contributed by atoms with Crippen LogP contribution >= 0.6 is 0 Å². The molecule has 0 saturated carbocycles. The zero-order valence-electron chi connectivity index (χ0n) is 11.7. The number of aryl methyl sites for hydroxylation is 1. The minimum Gasteiger partial charge on any atom is -0.457 e. The molecule has 108 valence electrons. The quantitative estimate of drug-likeness (QED) is 0.673. The molecule has 2 aromatic rings. The summed E-state index contributed by atoms with van der Waals surface area (Å²) in [7, 11) is 0. The van der Waals surface area contributed by atoms with Gasteiger partial charge in [-0.3, -0.25) is 0 Å². The van der Waals surface area contributed by atoms with Gasteiger partial charge in [0.25, 0.3) is 0 Å². The molecule has 0 unspecified atom stereocenters. The molecule has 0 N–H and O–H groups in total. The Kier molecular flexibility index (Phi) is 5.62. The van der Waals surface area contributed by atoms with Crippen LogP contribution in [0.5, 0.6) is 11.5 Å². The molecule has 1 nitrogen and oxygen atoms in total. The number of halogens is 3. The first-order chi connectivity index (χ1) is 9.47. The first-order valence-corrected chi connectivity index (χ1v) is 6.37. The molecule has 2 rings (SSSR count). The van der Waals surface area contributed by atoms with Crippen molar-refractivity contribution in [1.29, 1.82) is 0 Å². The molecule has 0 radical (unpaired) electrons. The van der Waals surface area contributed by atoms with Gasteiger partial charge in [-0.1, -0.05) is 32.0 Å². The fourth-order valence-corrected chi connectivity index (χ4v) is 1.51. The maximum absolute atomic E-state index is 12.4. The number of hydrogen-bond donors (Lipinski definition) is 0. The summed E-state index contributed by atoms with van der Waals surface area (Å²) < 4.78 is 42.6. The Morgan fingerprint density at radius 1 is 0.850 bits per heavy atom. The molecule has 0 aliphatic heterocycles. The molecule has 4 heteroatoms. The van der Waals surface area contributed by atoms with Crippen LogP contribution in [0.4, 0.5) is 13.2 Å². The van der Waals surface area contributed by atoms with Crippen LogP contribution in [-0.2, 0) is 6.18 Å². The average Bonchev–Trinajstić information content (AvgIpc) is 2.43. The van der Waals surface area contributed by atoms with Crippen molar-refractivity contribution in [2.24, 2.45) is 0 Å². The predicted molar refractivity (Wildman–Crippen MR) is 74.0 cm³/mol. The third-order valence-electron chi connectivity index (χ3n) is 2.50.